The lowest BCUT2D eigenvalue weighted by Crippen LogP contribution is -2.46. The van der Waals surface area contributed by atoms with Gasteiger partial charge in [0, 0.05) is 44.1 Å². The Labute approximate surface area is 180 Å². The zero-order chi connectivity index (χ0) is 21.3. The van der Waals surface area contributed by atoms with Crippen LogP contribution in [0.1, 0.15) is 19.4 Å². The third-order valence-electron chi connectivity index (χ3n) is 5.44. The van der Waals surface area contributed by atoms with Gasteiger partial charge < -0.3 is 19.9 Å². The second kappa shape index (κ2) is 11.0. The maximum absolute atomic E-state index is 12.4. The molecule has 0 radical (unpaired) electrons. The molecule has 6 nitrogen and oxygen atoms in total. The number of anilines is 2. The third kappa shape index (κ3) is 6.47. The van der Waals surface area contributed by atoms with E-state index in [1.54, 1.807) is 0 Å². The first kappa shape index (κ1) is 22.1. The van der Waals surface area contributed by atoms with Crippen molar-refractivity contribution in [2.24, 2.45) is 0 Å². The van der Waals surface area contributed by atoms with Crippen molar-refractivity contribution in [1.82, 2.24) is 9.80 Å². The minimum Gasteiger partial charge on any atom is -0.494 e. The molecule has 2 aromatic carbocycles. The molecule has 0 unspecified atom stereocenters. The van der Waals surface area contributed by atoms with E-state index in [1.807, 2.05) is 55.3 Å². The summed E-state index contributed by atoms with van der Waals surface area (Å²) in [6.07, 6.45) is 0. The molecule has 0 atom stereocenters. The van der Waals surface area contributed by atoms with E-state index in [1.165, 1.54) is 5.69 Å². The molecule has 2 aromatic rings. The van der Waals surface area contributed by atoms with Crippen LogP contribution >= 0.6 is 0 Å². The van der Waals surface area contributed by atoms with Crippen LogP contribution in [0.2, 0.25) is 0 Å². The monoisotopic (exact) mass is 410 g/mol. The zero-order valence-corrected chi connectivity index (χ0v) is 18.4. The van der Waals surface area contributed by atoms with Crippen molar-refractivity contribution < 1.29 is 9.53 Å². The van der Waals surface area contributed by atoms with Crippen LogP contribution in [0.3, 0.4) is 0 Å². The Balaban J connectivity index is 1.45. The fraction of sp³-hybridized carbons (Fsp3) is 0.458. The molecule has 6 heteroatoms. The highest BCUT2D eigenvalue weighted by molar-refractivity contribution is 5.92. The second-order valence-corrected chi connectivity index (χ2v) is 7.77. The molecule has 0 aromatic heterocycles. The van der Waals surface area contributed by atoms with Crippen molar-refractivity contribution in [3.63, 3.8) is 0 Å². The summed E-state index contributed by atoms with van der Waals surface area (Å²) in [5.41, 5.74) is 3.21. The van der Waals surface area contributed by atoms with E-state index in [-0.39, 0.29) is 5.91 Å². The lowest BCUT2D eigenvalue weighted by Gasteiger charge is -2.35. The number of hydrogen-bond donors (Lipinski definition) is 1. The number of piperazine rings is 1. The van der Waals surface area contributed by atoms with Gasteiger partial charge in [-0.1, -0.05) is 19.1 Å². The molecule has 1 amide bonds. The molecule has 0 spiro atoms. The molecule has 1 N–H and O–H groups in total. The van der Waals surface area contributed by atoms with Gasteiger partial charge in [0.1, 0.15) is 5.75 Å². The van der Waals surface area contributed by atoms with Crippen molar-refractivity contribution in [3.8, 4) is 5.75 Å². The topological polar surface area (TPSA) is 48.1 Å². The van der Waals surface area contributed by atoms with Crippen LogP contribution in [-0.4, -0.2) is 68.6 Å². The second-order valence-electron chi connectivity index (χ2n) is 7.77. The van der Waals surface area contributed by atoms with E-state index < -0.39 is 0 Å². The fourth-order valence-electron chi connectivity index (χ4n) is 3.75. The average Bonchev–Trinajstić information content (AvgIpc) is 2.76. The molecule has 162 valence electrons. The molecule has 0 saturated carbocycles. The van der Waals surface area contributed by atoms with E-state index in [4.69, 9.17) is 4.74 Å². The number of likely N-dealkylation sites (N-methyl/N-ethyl adjacent to an activating group) is 2. The molecule has 1 aliphatic rings. The third-order valence-corrected chi connectivity index (χ3v) is 5.44. The molecule has 0 aliphatic carbocycles. The van der Waals surface area contributed by atoms with Gasteiger partial charge in [0.05, 0.1) is 13.2 Å². The van der Waals surface area contributed by atoms with Crippen molar-refractivity contribution >= 4 is 17.3 Å². The number of nitrogens with one attached hydrogen (secondary N) is 1. The van der Waals surface area contributed by atoms with Gasteiger partial charge in [0.2, 0.25) is 5.91 Å². The van der Waals surface area contributed by atoms with Gasteiger partial charge in [-0.25, -0.2) is 0 Å². The number of rotatable bonds is 9. The quantitative estimate of drug-likeness (QED) is 0.687. The largest absolute Gasteiger partial charge is 0.494 e. The highest BCUT2D eigenvalue weighted by atomic mass is 16.5. The Morgan fingerprint density at radius 2 is 1.67 bits per heavy atom. The number of benzene rings is 2. The summed E-state index contributed by atoms with van der Waals surface area (Å²) in [6.45, 7) is 11.3. The van der Waals surface area contributed by atoms with Crippen LogP contribution in [0.25, 0.3) is 0 Å². The molecular weight excluding hydrogens is 376 g/mol. The van der Waals surface area contributed by atoms with E-state index in [0.29, 0.717) is 19.7 Å². The van der Waals surface area contributed by atoms with E-state index in [2.05, 4.69) is 34.2 Å². The molecule has 0 bridgehead atoms. The van der Waals surface area contributed by atoms with Crippen molar-refractivity contribution in [2.75, 3.05) is 63.1 Å². The normalized spacial score (nSPS) is 14.7. The van der Waals surface area contributed by atoms with Crippen molar-refractivity contribution in [3.05, 3.63) is 54.1 Å². The molecule has 1 aliphatic heterocycles. The zero-order valence-electron chi connectivity index (χ0n) is 18.4. The van der Waals surface area contributed by atoms with Gasteiger partial charge in [-0.3, -0.25) is 9.69 Å². The smallest absolute Gasteiger partial charge is 0.238 e. The molecular formula is C24H34N4O2. The Morgan fingerprint density at radius 1 is 1.00 bits per heavy atom. The first-order valence-corrected chi connectivity index (χ1v) is 10.8. The average molecular weight is 411 g/mol. The Hall–Kier alpha value is -2.57. The van der Waals surface area contributed by atoms with Crippen LogP contribution < -0.4 is 15.0 Å². The van der Waals surface area contributed by atoms with Gasteiger partial charge in [-0.05, 0) is 62.5 Å². The molecule has 1 heterocycles. The lowest BCUT2D eigenvalue weighted by atomic mass is 10.2. The van der Waals surface area contributed by atoms with Crippen molar-refractivity contribution in [2.45, 2.75) is 20.4 Å². The van der Waals surface area contributed by atoms with Crippen molar-refractivity contribution in [1.29, 1.82) is 0 Å². The first-order chi connectivity index (χ1) is 14.6. The van der Waals surface area contributed by atoms with E-state index >= 15 is 0 Å². The number of ether oxygens (including phenoxy) is 1. The van der Waals surface area contributed by atoms with E-state index in [0.717, 1.165) is 49.7 Å². The number of nitrogens with zero attached hydrogens (tertiary/aromatic N) is 3. The van der Waals surface area contributed by atoms with Crippen LogP contribution in [-0.2, 0) is 11.3 Å². The summed E-state index contributed by atoms with van der Waals surface area (Å²) in [5.74, 6) is 0.866. The summed E-state index contributed by atoms with van der Waals surface area (Å²) in [7, 11) is 1.95. The molecule has 1 saturated heterocycles. The first-order valence-electron chi connectivity index (χ1n) is 10.8. The summed E-state index contributed by atoms with van der Waals surface area (Å²) < 4.78 is 5.47. The Bertz CT molecular complexity index is 784. The highest BCUT2D eigenvalue weighted by Crippen LogP contribution is 2.19. The Kier molecular flexibility index (Phi) is 8.11. The number of hydrogen-bond acceptors (Lipinski definition) is 5. The lowest BCUT2D eigenvalue weighted by molar-refractivity contribution is -0.117. The summed E-state index contributed by atoms with van der Waals surface area (Å²) in [5, 5.41) is 3.00. The minimum atomic E-state index is -0.00672. The van der Waals surface area contributed by atoms with E-state index in [9.17, 15) is 4.79 Å². The summed E-state index contributed by atoms with van der Waals surface area (Å²) in [4.78, 5) is 19.3. The Morgan fingerprint density at radius 3 is 2.27 bits per heavy atom. The molecule has 30 heavy (non-hydrogen) atoms. The van der Waals surface area contributed by atoms with Crippen LogP contribution in [0, 0.1) is 0 Å². The summed E-state index contributed by atoms with van der Waals surface area (Å²) in [6, 6.07) is 16.2. The standard InChI is InChI=1S/C24H34N4O2/c1-4-27-14-16-28(17-15-27)22-10-8-21(9-11-22)25-24(29)19-26(3)18-20-6-12-23(13-7-20)30-5-2/h6-13H,4-5,14-19H2,1-3H3,(H,25,29). The maximum Gasteiger partial charge on any atom is 0.238 e. The molecule has 1 fully saturated rings. The van der Waals surface area contributed by atoms with Gasteiger partial charge in [-0.15, -0.1) is 0 Å². The highest BCUT2D eigenvalue weighted by Gasteiger charge is 2.16. The number of carbonyl (C=O) groups excluding carboxylic acids is 1. The minimum absolute atomic E-state index is 0.00672. The van der Waals surface area contributed by atoms with Crippen LogP contribution in [0.4, 0.5) is 11.4 Å². The predicted molar refractivity (Wildman–Crippen MR) is 123 cm³/mol. The van der Waals surface area contributed by atoms with Crippen LogP contribution in [0.15, 0.2) is 48.5 Å². The van der Waals surface area contributed by atoms with Gasteiger partial charge in [0.15, 0.2) is 0 Å². The van der Waals surface area contributed by atoms with Gasteiger partial charge in [0.25, 0.3) is 0 Å². The predicted octanol–water partition coefficient (Wildman–Crippen LogP) is 3.30. The SMILES string of the molecule is CCOc1ccc(CN(C)CC(=O)Nc2ccc(N3CCN(CC)CC3)cc2)cc1. The number of amides is 1. The maximum atomic E-state index is 12.4. The van der Waals surface area contributed by atoms with Crippen LogP contribution in [0.5, 0.6) is 5.75 Å². The fourth-order valence-corrected chi connectivity index (χ4v) is 3.75. The van der Waals surface area contributed by atoms with Gasteiger partial charge in [-0.2, -0.15) is 0 Å². The summed E-state index contributed by atoms with van der Waals surface area (Å²) >= 11 is 0. The molecule has 3 rings (SSSR count). The number of carbonyl (C=O) groups is 1. The van der Waals surface area contributed by atoms with Gasteiger partial charge >= 0.3 is 0 Å².